The molecule has 1 aromatic rings. The maximum Gasteiger partial charge on any atom is 0.169 e. The fourth-order valence-electron chi connectivity index (χ4n) is 3.93. The number of rotatable bonds is 7. The number of nitrogens with one attached hydrogen (secondary N) is 1. The third-order valence-corrected chi connectivity index (χ3v) is 6.10. The van der Waals surface area contributed by atoms with Crippen LogP contribution in [0.15, 0.2) is 24.3 Å². The van der Waals surface area contributed by atoms with E-state index >= 15 is 0 Å². The van der Waals surface area contributed by atoms with Gasteiger partial charge >= 0.3 is 0 Å². The molecule has 0 aromatic heterocycles. The van der Waals surface area contributed by atoms with Crippen molar-refractivity contribution in [1.82, 2.24) is 15.1 Å². The van der Waals surface area contributed by atoms with Crippen LogP contribution in [-0.2, 0) is 11.3 Å². The molecular formula is C21H32ClN3OS. The summed E-state index contributed by atoms with van der Waals surface area (Å²) in [5, 5.41) is 5.31. The van der Waals surface area contributed by atoms with Gasteiger partial charge in [0.15, 0.2) is 5.11 Å². The number of hydrogen-bond acceptors (Lipinski definition) is 3. The van der Waals surface area contributed by atoms with Crippen molar-refractivity contribution >= 4 is 28.9 Å². The van der Waals surface area contributed by atoms with E-state index < -0.39 is 0 Å². The van der Waals surface area contributed by atoms with Gasteiger partial charge in [-0.3, -0.25) is 4.90 Å². The second-order valence-corrected chi connectivity index (χ2v) is 8.47. The van der Waals surface area contributed by atoms with E-state index in [1.807, 2.05) is 18.2 Å². The molecule has 0 bridgehead atoms. The average molecular weight is 410 g/mol. The molecular weight excluding hydrogens is 378 g/mol. The number of benzene rings is 1. The molecule has 2 fully saturated rings. The third-order valence-electron chi connectivity index (χ3n) is 5.49. The first kappa shape index (κ1) is 20.8. The Hall–Kier alpha value is -0.880. The monoisotopic (exact) mass is 409 g/mol. The average Bonchev–Trinajstić information content (AvgIpc) is 2.69. The molecule has 2 aliphatic rings. The first-order valence-corrected chi connectivity index (χ1v) is 11.1. The van der Waals surface area contributed by atoms with Crippen molar-refractivity contribution in [3.63, 3.8) is 0 Å². The van der Waals surface area contributed by atoms with Crippen LogP contribution in [-0.4, -0.2) is 60.3 Å². The van der Waals surface area contributed by atoms with Crippen LogP contribution < -0.4 is 5.32 Å². The smallest absolute Gasteiger partial charge is 0.169 e. The minimum atomic E-state index is 0.535. The first-order valence-electron chi connectivity index (χ1n) is 10.3. The Morgan fingerprint density at radius 1 is 1.22 bits per heavy atom. The lowest BCUT2D eigenvalue weighted by Crippen LogP contribution is -2.46. The second kappa shape index (κ2) is 11.2. The molecule has 27 heavy (non-hydrogen) atoms. The highest BCUT2D eigenvalue weighted by Gasteiger charge is 2.18. The molecule has 1 saturated heterocycles. The molecule has 3 rings (SSSR count). The lowest BCUT2D eigenvalue weighted by atomic mass is 9.96. The van der Waals surface area contributed by atoms with Crippen LogP contribution in [0.5, 0.6) is 0 Å². The Kier molecular flexibility index (Phi) is 8.65. The van der Waals surface area contributed by atoms with Crippen LogP contribution in [0.1, 0.15) is 44.1 Å². The number of thiocarbonyl (C=S) groups is 1. The molecule has 1 aromatic carbocycles. The summed E-state index contributed by atoms with van der Waals surface area (Å²) in [5.74, 6) is 0. The van der Waals surface area contributed by atoms with Crippen LogP contribution in [0.3, 0.4) is 0 Å². The summed E-state index contributed by atoms with van der Waals surface area (Å²) in [4.78, 5) is 4.80. The van der Waals surface area contributed by atoms with Gasteiger partial charge in [0.1, 0.15) is 0 Å². The summed E-state index contributed by atoms with van der Waals surface area (Å²) >= 11 is 12.0. The summed E-state index contributed by atoms with van der Waals surface area (Å²) in [6, 6.07) is 8.64. The van der Waals surface area contributed by atoms with Gasteiger partial charge in [-0.1, -0.05) is 43.0 Å². The molecule has 1 aliphatic carbocycles. The number of morpholine rings is 1. The normalized spacial score (nSPS) is 19.0. The number of hydrogen-bond donors (Lipinski definition) is 1. The zero-order valence-corrected chi connectivity index (χ0v) is 17.7. The van der Waals surface area contributed by atoms with Crippen LogP contribution in [0.4, 0.5) is 0 Å². The standard InChI is InChI=1S/C21H32ClN3OS/c22-19-7-4-6-18(16-19)17-25(11-5-10-24-12-14-26-15-13-24)21(27)23-20-8-2-1-3-9-20/h4,6-7,16,20H,1-3,5,8-15,17H2,(H,23,27). The SMILES string of the molecule is S=C(NC1CCCCC1)N(CCCN1CCOCC1)Cc1cccc(Cl)c1. The third kappa shape index (κ3) is 7.22. The van der Waals surface area contributed by atoms with Gasteiger partial charge in [0.05, 0.1) is 13.2 Å². The molecule has 1 heterocycles. The van der Waals surface area contributed by atoms with E-state index in [0.29, 0.717) is 6.04 Å². The maximum absolute atomic E-state index is 6.18. The summed E-state index contributed by atoms with van der Waals surface area (Å²) < 4.78 is 5.44. The lowest BCUT2D eigenvalue weighted by Gasteiger charge is -2.32. The van der Waals surface area contributed by atoms with Crippen molar-refractivity contribution in [2.75, 3.05) is 39.4 Å². The minimum Gasteiger partial charge on any atom is -0.379 e. The van der Waals surface area contributed by atoms with Crippen molar-refractivity contribution in [2.24, 2.45) is 0 Å². The highest BCUT2D eigenvalue weighted by molar-refractivity contribution is 7.80. The summed E-state index contributed by atoms with van der Waals surface area (Å²) in [6.45, 7) is 6.66. The van der Waals surface area contributed by atoms with Crippen molar-refractivity contribution < 1.29 is 4.74 Å². The van der Waals surface area contributed by atoms with E-state index in [-0.39, 0.29) is 0 Å². The quantitative estimate of drug-likeness (QED) is 0.685. The van der Waals surface area contributed by atoms with E-state index in [0.717, 1.165) is 62.5 Å². The van der Waals surface area contributed by atoms with Gasteiger partial charge in [-0.15, -0.1) is 0 Å². The predicted molar refractivity (Wildman–Crippen MR) is 116 cm³/mol. The maximum atomic E-state index is 6.18. The van der Waals surface area contributed by atoms with E-state index in [4.69, 9.17) is 28.6 Å². The fraction of sp³-hybridized carbons (Fsp3) is 0.667. The Labute approximate surface area is 174 Å². The Morgan fingerprint density at radius 3 is 2.74 bits per heavy atom. The Morgan fingerprint density at radius 2 is 2.00 bits per heavy atom. The topological polar surface area (TPSA) is 27.7 Å². The molecule has 0 radical (unpaired) electrons. The fourth-order valence-corrected chi connectivity index (χ4v) is 4.47. The van der Waals surface area contributed by atoms with Crippen molar-refractivity contribution in [3.8, 4) is 0 Å². The van der Waals surface area contributed by atoms with Gasteiger partial charge in [0.25, 0.3) is 0 Å². The van der Waals surface area contributed by atoms with Crippen LogP contribution >= 0.6 is 23.8 Å². The molecule has 1 aliphatic heterocycles. The minimum absolute atomic E-state index is 0.535. The number of ether oxygens (including phenoxy) is 1. The number of nitrogens with zero attached hydrogens (tertiary/aromatic N) is 2. The van der Waals surface area contributed by atoms with E-state index in [1.54, 1.807) is 0 Å². The molecule has 0 spiro atoms. The van der Waals surface area contributed by atoms with Crippen LogP contribution in [0, 0.1) is 0 Å². The van der Waals surface area contributed by atoms with Gasteiger partial charge in [-0.25, -0.2) is 0 Å². The Bertz CT molecular complexity index is 589. The van der Waals surface area contributed by atoms with Gasteiger partial charge < -0.3 is 15.0 Å². The van der Waals surface area contributed by atoms with Crippen molar-refractivity contribution in [2.45, 2.75) is 51.1 Å². The molecule has 0 unspecified atom stereocenters. The Balaban J connectivity index is 1.55. The van der Waals surface area contributed by atoms with E-state index in [1.165, 1.54) is 37.7 Å². The van der Waals surface area contributed by atoms with Gasteiger partial charge in [0.2, 0.25) is 0 Å². The highest BCUT2D eigenvalue weighted by atomic mass is 35.5. The molecule has 0 amide bonds. The predicted octanol–water partition coefficient (Wildman–Crippen LogP) is 4.07. The number of halogens is 1. The lowest BCUT2D eigenvalue weighted by molar-refractivity contribution is 0.0367. The van der Waals surface area contributed by atoms with Crippen LogP contribution in [0.2, 0.25) is 5.02 Å². The summed E-state index contributed by atoms with van der Waals surface area (Å²) in [6.07, 6.45) is 7.55. The second-order valence-electron chi connectivity index (χ2n) is 7.64. The van der Waals surface area contributed by atoms with Crippen molar-refractivity contribution in [3.05, 3.63) is 34.9 Å². The van der Waals surface area contributed by atoms with E-state index in [9.17, 15) is 0 Å². The highest BCUT2D eigenvalue weighted by Crippen LogP contribution is 2.18. The van der Waals surface area contributed by atoms with Crippen molar-refractivity contribution in [1.29, 1.82) is 0 Å². The summed E-state index contributed by atoms with van der Waals surface area (Å²) in [5.41, 5.74) is 1.21. The molecule has 6 heteroatoms. The molecule has 1 saturated carbocycles. The van der Waals surface area contributed by atoms with Crippen LogP contribution in [0.25, 0.3) is 0 Å². The van der Waals surface area contributed by atoms with Gasteiger partial charge in [-0.2, -0.15) is 0 Å². The van der Waals surface area contributed by atoms with Gasteiger partial charge in [-0.05, 0) is 49.2 Å². The zero-order valence-electron chi connectivity index (χ0n) is 16.2. The summed E-state index contributed by atoms with van der Waals surface area (Å²) in [7, 11) is 0. The first-order chi connectivity index (χ1) is 13.2. The van der Waals surface area contributed by atoms with Gasteiger partial charge in [0, 0.05) is 43.8 Å². The largest absolute Gasteiger partial charge is 0.379 e. The van der Waals surface area contributed by atoms with E-state index in [2.05, 4.69) is 21.2 Å². The molecule has 0 atom stereocenters. The molecule has 150 valence electrons. The zero-order chi connectivity index (χ0) is 18.9. The molecule has 1 N–H and O–H groups in total. The molecule has 4 nitrogen and oxygen atoms in total.